The molecule has 0 saturated carbocycles. The number of benzene rings is 1. The van der Waals surface area contributed by atoms with Crippen molar-refractivity contribution in [2.75, 3.05) is 18.0 Å². The van der Waals surface area contributed by atoms with Gasteiger partial charge in [0.25, 0.3) is 0 Å². The summed E-state index contributed by atoms with van der Waals surface area (Å²) in [5.41, 5.74) is 4.16. The highest BCUT2D eigenvalue weighted by Crippen LogP contribution is 2.44. The smallest absolute Gasteiger partial charge is 0.449 e. The van der Waals surface area contributed by atoms with Gasteiger partial charge in [-0.15, -0.1) is 0 Å². The lowest BCUT2D eigenvalue weighted by Gasteiger charge is -2.32. The summed E-state index contributed by atoms with van der Waals surface area (Å²) in [5.74, 6) is 1.66. The van der Waals surface area contributed by atoms with Gasteiger partial charge in [0.2, 0.25) is 0 Å². The van der Waals surface area contributed by atoms with Crippen LogP contribution < -0.4 is 9.64 Å². The predicted molar refractivity (Wildman–Crippen MR) is 106 cm³/mol. The van der Waals surface area contributed by atoms with Crippen LogP contribution in [0.5, 0.6) is 5.75 Å². The molecule has 2 heterocycles. The molecule has 0 amide bonds. The van der Waals surface area contributed by atoms with Gasteiger partial charge in [-0.2, -0.15) is 0 Å². The second kappa shape index (κ2) is 7.59. The van der Waals surface area contributed by atoms with Crippen LogP contribution in [0.4, 0.5) is 10.6 Å². The van der Waals surface area contributed by atoms with Crippen LogP contribution >= 0.6 is 0 Å². The fraction of sp³-hybridized carbons (Fsp3) is 0.455. The van der Waals surface area contributed by atoms with Gasteiger partial charge in [-0.05, 0) is 55.6 Å². The summed E-state index contributed by atoms with van der Waals surface area (Å²) in [6.45, 7) is 4.03. The Morgan fingerprint density at radius 2 is 1.93 bits per heavy atom. The van der Waals surface area contributed by atoms with E-state index in [0.717, 1.165) is 67.6 Å². The number of pyridine rings is 1. The monoisotopic (exact) mass is 366 g/mol. The molecule has 1 aromatic heterocycles. The summed E-state index contributed by atoms with van der Waals surface area (Å²) in [7, 11) is 0. The molecule has 0 bridgehead atoms. The average molecular weight is 366 g/mol. The van der Waals surface area contributed by atoms with Gasteiger partial charge < -0.3 is 14.7 Å². The van der Waals surface area contributed by atoms with Crippen molar-refractivity contribution in [1.29, 1.82) is 0 Å². The molecule has 2 aromatic rings. The van der Waals surface area contributed by atoms with Crippen LogP contribution in [0.1, 0.15) is 43.9 Å². The Labute approximate surface area is 160 Å². The number of anilines is 1. The van der Waals surface area contributed by atoms with Crippen LogP contribution in [0, 0.1) is 5.92 Å². The maximum atomic E-state index is 11.6. The summed E-state index contributed by atoms with van der Waals surface area (Å²) in [6, 6.07) is 10.0. The van der Waals surface area contributed by atoms with Crippen LogP contribution in [0.15, 0.2) is 30.3 Å². The normalized spacial score (nSPS) is 19.4. The van der Waals surface area contributed by atoms with Crippen LogP contribution in [0.3, 0.4) is 0 Å². The first-order chi connectivity index (χ1) is 13.1. The Hall–Kier alpha value is -2.56. The van der Waals surface area contributed by atoms with Gasteiger partial charge in [0.1, 0.15) is 0 Å². The first-order valence-corrected chi connectivity index (χ1v) is 9.90. The third-order valence-electron chi connectivity index (χ3n) is 5.66. The van der Waals surface area contributed by atoms with E-state index in [1.807, 2.05) is 30.3 Å². The molecule has 0 radical (unpaired) electrons. The first-order valence-electron chi connectivity index (χ1n) is 9.90. The summed E-state index contributed by atoms with van der Waals surface area (Å²) in [6.07, 6.45) is 5.09. The first kappa shape index (κ1) is 17.8. The number of piperidine rings is 1. The summed E-state index contributed by atoms with van der Waals surface area (Å²) < 4.78 is 5.40. The number of ether oxygens (including phenoxy) is 1. The number of carboxylic acid groups (broad SMARTS) is 1. The van der Waals surface area contributed by atoms with E-state index in [9.17, 15) is 9.90 Å². The van der Waals surface area contributed by atoms with E-state index >= 15 is 0 Å². The highest BCUT2D eigenvalue weighted by Gasteiger charge is 2.30. The lowest BCUT2D eigenvalue weighted by atomic mass is 9.83. The van der Waals surface area contributed by atoms with Crippen molar-refractivity contribution in [2.45, 2.75) is 45.4 Å². The molecule has 5 heteroatoms. The lowest BCUT2D eigenvalue weighted by molar-refractivity contribution is 0.144. The summed E-state index contributed by atoms with van der Waals surface area (Å²) in [5, 5.41) is 9.45. The molecule has 1 aromatic carbocycles. The van der Waals surface area contributed by atoms with E-state index < -0.39 is 6.16 Å². The minimum atomic E-state index is -1.28. The van der Waals surface area contributed by atoms with Crippen LogP contribution in [0.25, 0.3) is 11.1 Å². The summed E-state index contributed by atoms with van der Waals surface area (Å²) in [4.78, 5) is 18.7. The minimum absolute atomic E-state index is 0.406. The van der Waals surface area contributed by atoms with Gasteiger partial charge in [-0.25, -0.2) is 9.78 Å². The number of hydrogen-bond acceptors (Lipinski definition) is 4. The Balaban J connectivity index is 1.95. The number of rotatable bonds is 3. The molecular formula is C22H26N2O3. The minimum Gasteiger partial charge on any atom is -0.449 e. The Kier molecular flexibility index (Phi) is 5.01. The quantitative estimate of drug-likeness (QED) is 0.781. The molecule has 1 N–H and O–H groups in total. The van der Waals surface area contributed by atoms with Crippen LogP contribution in [0.2, 0.25) is 0 Å². The number of aromatic nitrogens is 1. The number of nitrogens with zero attached hydrogens (tertiary/aromatic N) is 2. The predicted octanol–water partition coefficient (Wildman–Crippen LogP) is 4.92. The zero-order valence-electron chi connectivity index (χ0n) is 15.8. The van der Waals surface area contributed by atoms with Crippen molar-refractivity contribution in [1.82, 2.24) is 4.98 Å². The van der Waals surface area contributed by atoms with Gasteiger partial charge in [0.05, 0.1) is 0 Å². The van der Waals surface area contributed by atoms with E-state index in [-0.39, 0.29) is 0 Å². The zero-order valence-corrected chi connectivity index (χ0v) is 15.8. The van der Waals surface area contributed by atoms with E-state index in [1.54, 1.807) is 0 Å². The van der Waals surface area contributed by atoms with E-state index in [1.165, 1.54) is 6.42 Å². The van der Waals surface area contributed by atoms with Crippen molar-refractivity contribution < 1.29 is 14.6 Å². The molecule has 5 nitrogen and oxygen atoms in total. The van der Waals surface area contributed by atoms with Gasteiger partial charge >= 0.3 is 6.16 Å². The largest absolute Gasteiger partial charge is 0.511 e. The van der Waals surface area contributed by atoms with E-state index in [4.69, 9.17) is 9.72 Å². The maximum absolute atomic E-state index is 11.6. The second-order valence-corrected chi connectivity index (χ2v) is 7.69. The Morgan fingerprint density at radius 3 is 2.63 bits per heavy atom. The average Bonchev–Trinajstić information content (AvgIpc) is 2.68. The standard InChI is InChI=1S/C22H26N2O3/c1-15-10-11-18-17(14-15)19(16-8-4-2-5-9-16)20(27-22(25)26)21(23-18)24-12-6-3-7-13-24/h2,4-5,8-9,15H,3,6-7,10-14H2,1H3,(H,25,26). The van der Waals surface area contributed by atoms with E-state index in [2.05, 4.69) is 11.8 Å². The van der Waals surface area contributed by atoms with Gasteiger partial charge in [0, 0.05) is 24.3 Å². The molecule has 0 spiro atoms. The van der Waals surface area contributed by atoms with Crippen molar-refractivity contribution in [2.24, 2.45) is 5.92 Å². The highest BCUT2D eigenvalue weighted by atomic mass is 16.7. The topological polar surface area (TPSA) is 62.7 Å². The van der Waals surface area contributed by atoms with Gasteiger partial charge in [-0.3, -0.25) is 0 Å². The Bertz CT molecular complexity index is 829. The molecule has 27 heavy (non-hydrogen) atoms. The molecular weight excluding hydrogens is 340 g/mol. The van der Waals surface area contributed by atoms with Gasteiger partial charge in [-0.1, -0.05) is 37.3 Å². The molecule has 4 rings (SSSR count). The lowest BCUT2D eigenvalue weighted by Crippen LogP contribution is -2.32. The molecule has 1 aliphatic carbocycles. The molecule has 1 saturated heterocycles. The van der Waals surface area contributed by atoms with Crippen molar-refractivity contribution in [3.05, 3.63) is 41.6 Å². The van der Waals surface area contributed by atoms with Crippen molar-refractivity contribution in [3.63, 3.8) is 0 Å². The molecule has 1 unspecified atom stereocenters. The van der Waals surface area contributed by atoms with Crippen molar-refractivity contribution >= 4 is 12.0 Å². The summed E-state index contributed by atoms with van der Waals surface area (Å²) >= 11 is 0. The maximum Gasteiger partial charge on any atom is 0.511 e. The van der Waals surface area contributed by atoms with Gasteiger partial charge in [0.15, 0.2) is 11.6 Å². The number of fused-ring (bicyclic) bond motifs is 1. The van der Waals surface area contributed by atoms with Crippen LogP contribution in [-0.2, 0) is 12.8 Å². The van der Waals surface area contributed by atoms with Crippen LogP contribution in [-0.4, -0.2) is 29.3 Å². The fourth-order valence-corrected chi connectivity index (χ4v) is 4.31. The third kappa shape index (κ3) is 3.64. The SMILES string of the molecule is CC1CCc2nc(N3CCCCC3)c(OC(=O)O)c(-c3ccccc3)c2C1. The third-order valence-corrected chi connectivity index (χ3v) is 5.66. The number of carbonyl (C=O) groups is 1. The number of aryl methyl sites for hydroxylation is 1. The zero-order chi connectivity index (χ0) is 18.8. The molecule has 1 aliphatic heterocycles. The molecule has 1 fully saturated rings. The highest BCUT2D eigenvalue weighted by molar-refractivity contribution is 5.83. The molecule has 2 aliphatic rings. The molecule has 1 atom stereocenters. The van der Waals surface area contributed by atoms with Crippen molar-refractivity contribution in [3.8, 4) is 16.9 Å². The second-order valence-electron chi connectivity index (χ2n) is 7.69. The van der Waals surface area contributed by atoms with E-state index in [0.29, 0.717) is 17.5 Å². The molecule has 142 valence electrons. The number of hydrogen-bond donors (Lipinski definition) is 1. The Morgan fingerprint density at radius 1 is 1.19 bits per heavy atom. The fourth-order valence-electron chi connectivity index (χ4n) is 4.31.